The third-order valence-corrected chi connectivity index (χ3v) is 3.10. The second-order valence-electron chi connectivity index (χ2n) is 4.91. The van der Waals surface area contributed by atoms with Gasteiger partial charge in [-0.3, -0.25) is 4.79 Å². The van der Waals surface area contributed by atoms with E-state index in [0.717, 1.165) is 23.5 Å². The summed E-state index contributed by atoms with van der Waals surface area (Å²) < 4.78 is 1.71. The van der Waals surface area contributed by atoms with E-state index in [4.69, 9.17) is 0 Å². The largest absolute Gasteiger partial charge is 0.312 e. The predicted molar refractivity (Wildman–Crippen MR) is 76.8 cm³/mol. The van der Waals surface area contributed by atoms with Crippen molar-refractivity contribution in [3.63, 3.8) is 0 Å². The number of aryl methyl sites for hydroxylation is 1. The molecule has 0 saturated carbocycles. The third kappa shape index (κ3) is 2.68. The van der Waals surface area contributed by atoms with Crippen LogP contribution in [-0.4, -0.2) is 32.7 Å². The number of nitrogens with zero attached hydrogens (tertiary/aromatic N) is 5. The minimum absolute atomic E-state index is 0.0480. The highest BCUT2D eigenvalue weighted by atomic mass is 16.2. The molecule has 0 radical (unpaired) electrons. The number of hydrogen-bond acceptors (Lipinski definition) is 4. The Morgan fingerprint density at radius 3 is 2.55 bits per heavy atom. The Hall–Kier alpha value is -2.24. The van der Waals surface area contributed by atoms with Crippen LogP contribution >= 0.6 is 0 Å². The van der Waals surface area contributed by atoms with E-state index in [0.29, 0.717) is 0 Å². The minimum atomic E-state index is -0.0480. The van der Waals surface area contributed by atoms with Crippen LogP contribution in [0.1, 0.15) is 26.5 Å². The van der Waals surface area contributed by atoms with Gasteiger partial charge in [-0.1, -0.05) is 20.8 Å². The lowest BCUT2D eigenvalue weighted by Crippen LogP contribution is -2.30. The fraction of sp³-hybridized carbons (Fsp3) is 0.429. The Balaban J connectivity index is 2.40. The Morgan fingerprint density at radius 1 is 1.35 bits per heavy atom. The van der Waals surface area contributed by atoms with Crippen molar-refractivity contribution < 1.29 is 4.79 Å². The average Bonchev–Trinajstić information content (AvgIpc) is 2.90. The highest BCUT2D eigenvalue weighted by Crippen LogP contribution is 2.22. The molecule has 0 aliphatic heterocycles. The molecular weight excluding hydrogens is 254 g/mol. The zero-order chi connectivity index (χ0) is 14.7. The predicted octanol–water partition coefficient (Wildman–Crippen LogP) is 1.84. The van der Waals surface area contributed by atoms with Crippen LogP contribution in [0.15, 0.2) is 24.9 Å². The van der Waals surface area contributed by atoms with Crippen LogP contribution in [-0.2, 0) is 11.2 Å². The summed E-state index contributed by atoms with van der Waals surface area (Å²) in [5, 5.41) is 4.50. The van der Waals surface area contributed by atoms with Crippen LogP contribution in [0.5, 0.6) is 0 Å². The number of rotatable bonds is 4. The normalized spacial score (nSPS) is 10.8. The second kappa shape index (κ2) is 5.81. The summed E-state index contributed by atoms with van der Waals surface area (Å²) in [6.45, 7) is 5.80. The fourth-order valence-corrected chi connectivity index (χ4v) is 1.98. The smallest absolute Gasteiger partial charge is 0.229 e. The molecule has 2 rings (SSSR count). The number of aromatic nitrogens is 4. The summed E-state index contributed by atoms with van der Waals surface area (Å²) in [6, 6.07) is 0. The topological polar surface area (TPSA) is 63.9 Å². The van der Waals surface area contributed by atoms with Gasteiger partial charge in [0.2, 0.25) is 5.91 Å². The molecule has 6 heteroatoms. The number of carbonyl (C=O) groups excluding carboxylic acids is 1. The lowest BCUT2D eigenvalue weighted by molar-refractivity contribution is -0.121. The molecule has 0 bridgehead atoms. The highest BCUT2D eigenvalue weighted by molar-refractivity contribution is 5.94. The van der Waals surface area contributed by atoms with Gasteiger partial charge in [0.1, 0.15) is 12.0 Å². The van der Waals surface area contributed by atoms with Crippen molar-refractivity contribution in [2.75, 3.05) is 11.9 Å². The number of carbonyl (C=O) groups is 1. The van der Waals surface area contributed by atoms with E-state index >= 15 is 0 Å². The van der Waals surface area contributed by atoms with Crippen molar-refractivity contribution in [1.29, 1.82) is 0 Å². The number of anilines is 1. The van der Waals surface area contributed by atoms with Gasteiger partial charge in [0.05, 0.1) is 30.0 Å². The first-order valence-electron chi connectivity index (χ1n) is 6.66. The Bertz CT molecular complexity index is 591. The molecule has 0 fully saturated rings. The molecule has 0 atom stereocenters. The summed E-state index contributed by atoms with van der Waals surface area (Å²) >= 11 is 0. The first kappa shape index (κ1) is 14.2. The molecule has 20 heavy (non-hydrogen) atoms. The Kier molecular flexibility index (Phi) is 4.12. The van der Waals surface area contributed by atoms with Gasteiger partial charge in [-0.05, 0) is 6.42 Å². The molecule has 0 unspecified atom stereocenters. The maximum absolute atomic E-state index is 12.1. The second-order valence-corrected chi connectivity index (χ2v) is 4.91. The minimum Gasteiger partial charge on any atom is -0.312 e. The summed E-state index contributed by atoms with van der Waals surface area (Å²) in [4.78, 5) is 21.7. The fourth-order valence-electron chi connectivity index (χ4n) is 1.98. The summed E-state index contributed by atoms with van der Waals surface area (Å²) in [7, 11) is 1.78. The van der Waals surface area contributed by atoms with Crippen LogP contribution in [0.2, 0.25) is 0 Å². The van der Waals surface area contributed by atoms with E-state index in [2.05, 4.69) is 15.1 Å². The maximum Gasteiger partial charge on any atom is 0.229 e. The zero-order valence-corrected chi connectivity index (χ0v) is 12.2. The van der Waals surface area contributed by atoms with E-state index in [9.17, 15) is 4.79 Å². The average molecular weight is 273 g/mol. The lowest BCUT2D eigenvalue weighted by Gasteiger charge is -2.18. The molecule has 0 aliphatic carbocycles. The van der Waals surface area contributed by atoms with Gasteiger partial charge >= 0.3 is 0 Å². The Labute approximate surface area is 118 Å². The van der Waals surface area contributed by atoms with Crippen molar-refractivity contribution in [2.45, 2.75) is 27.2 Å². The molecule has 2 aromatic heterocycles. The van der Waals surface area contributed by atoms with Crippen LogP contribution in [0.3, 0.4) is 0 Å². The van der Waals surface area contributed by atoms with E-state index in [1.165, 1.54) is 6.33 Å². The van der Waals surface area contributed by atoms with Crippen molar-refractivity contribution in [2.24, 2.45) is 5.92 Å². The van der Waals surface area contributed by atoms with Crippen LogP contribution < -0.4 is 4.90 Å². The molecule has 0 aliphatic rings. The van der Waals surface area contributed by atoms with Crippen molar-refractivity contribution in [1.82, 2.24) is 19.7 Å². The van der Waals surface area contributed by atoms with Crippen LogP contribution in [0.4, 0.5) is 5.69 Å². The van der Waals surface area contributed by atoms with Gasteiger partial charge in [0.25, 0.3) is 0 Å². The first-order chi connectivity index (χ1) is 9.54. The van der Waals surface area contributed by atoms with E-state index in [1.54, 1.807) is 29.0 Å². The molecule has 2 heterocycles. The van der Waals surface area contributed by atoms with Crippen molar-refractivity contribution >= 4 is 11.6 Å². The quantitative estimate of drug-likeness (QED) is 0.852. The van der Waals surface area contributed by atoms with Gasteiger partial charge in [0, 0.05) is 13.0 Å². The third-order valence-electron chi connectivity index (χ3n) is 3.10. The van der Waals surface area contributed by atoms with Crippen LogP contribution in [0, 0.1) is 5.92 Å². The molecule has 1 amide bonds. The van der Waals surface area contributed by atoms with Gasteiger partial charge in [-0.15, -0.1) is 0 Å². The number of amides is 1. The molecule has 2 aromatic rings. The van der Waals surface area contributed by atoms with E-state index < -0.39 is 0 Å². The molecule has 0 aromatic carbocycles. The van der Waals surface area contributed by atoms with Gasteiger partial charge in [0.15, 0.2) is 0 Å². The highest BCUT2D eigenvalue weighted by Gasteiger charge is 2.20. The summed E-state index contributed by atoms with van der Waals surface area (Å²) in [5.41, 5.74) is 2.49. The molecule has 0 spiro atoms. The standard InChI is InChI=1S/C14H19N5O/c1-5-12-13(18(4)14(20)10(2)3)8-19(17-12)11-6-15-9-16-7-11/h6-10H,5H2,1-4H3. The molecular formula is C14H19N5O. The molecule has 6 nitrogen and oxygen atoms in total. The van der Waals surface area contributed by atoms with Gasteiger partial charge in [-0.25, -0.2) is 14.6 Å². The van der Waals surface area contributed by atoms with Crippen molar-refractivity contribution in [3.05, 3.63) is 30.6 Å². The van der Waals surface area contributed by atoms with Gasteiger partial charge in [-0.2, -0.15) is 5.10 Å². The summed E-state index contributed by atoms with van der Waals surface area (Å²) in [5.74, 6) is 0.0247. The molecule has 0 N–H and O–H groups in total. The van der Waals surface area contributed by atoms with E-state index in [1.807, 2.05) is 27.0 Å². The summed E-state index contributed by atoms with van der Waals surface area (Å²) in [6.07, 6.45) is 7.45. The Morgan fingerprint density at radius 2 is 2.00 bits per heavy atom. The SMILES string of the molecule is CCc1nn(-c2cncnc2)cc1N(C)C(=O)C(C)C. The lowest BCUT2D eigenvalue weighted by atomic mass is 10.2. The monoisotopic (exact) mass is 273 g/mol. The first-order valence-corrected chi connectivity index (χ1v) is 6.66. The van der Waals surface area contributed by atoms with Crippen molar-refractivity contribution in [3.8, 4) is 5.69 Å². The van der Waals surface area contributed by atoms with Crippen LogP contribution in [0.25, 0.3) is 5.69 Å². The van der Waals surface area contributed by atoms with E-state index in [-0.39, 0.29) is 11.8 Å². The van der Waals surface area contributed by atoms with Gasteiger partial charge < -0.3 is 4.90 Å². The number of hydrogen-bond donors (Lipinski definition) is 0. The molecule has 0 saturated heterocycles. The zero-order valence-electron chi connectivity index (χ0n) is 12.2. The maximum atomic E-state index is 12.1. The molecule has 106 valence electrons.